The zero-order valence-electron chi connectivity index (χ0n) is 12.2. The van der Waals surface area contributed by atoms with Gasteiger partial charge in [0.05, 0.1) is 13.2 Å². The van der Waals surface area contributed by atoms with Gasteiger partial charge in [-0.3, -0.25) is 0 Å². The molecule has 0 unspecified atom stereocenters. The summed E-state index contributed by atoms with van der Waals surface area (Å²) in [6.07, 6.45) is 2.47. The number of rotatable bonds is 4. The van der Waals surface area contributed by atoms with Crippen LogP contribution in [0, 0.1) is 0 Å². The molecule has 0 aliphatic heterocycles. The first-order chi connectivity index (χ1) is 10.3. The molecule has 3 heteroatoms. The zero-order valence-corrected chi connectivity index (χ0v) is 12.2. The molecule has 3 rings (SSSR count). The summed E-state index contributed by atoms with van der Waals surface area (Å²) in [6.45, 7) is 0.504. The van der Waals surface area contributed by atoms with Gasteiger partial charge in [0.25, 0.3) is 0 Å². The van der Waals surface area contributed by atoms with Crippen molar-refractivity contribution in [3.05, 3.63) is 59.2 Å². The van der Waals surface area contributed by atoms with Gasteiger partial charge in [-0.25, -0.2) is 0 Å². The van der Waals surface area contributed by atoms with Gasteiger partial charge in [0, 0.05) is 0 Å². The van der Waals surface area contributed by atoms with Crippen molar-refractivity contribution < 1.29 is 14.6 Å². The minimum atomic E-state index is -0.353. The van der Waals surface area contributed by atoms with Crippen LogP contribution in [-0.4, -0.2) is 12.2 Å². The van der Waals surface area contributed by atoms with Crippen LogP contribution in [0.15, 0.2) is 42.5 Å². The number of hydrogen-bond donors (Lipinski definition) is 1. The van der Waals surface area contributed by atoms with Gasteiger partial charge in [-0.2, -0.15) is 0 Å². The molecule has 1 aliphatic rings. The second-order valence-electron chi connectivity index (χ2n) is 5.37. The van der Waals surface area contributed by atoms with Crippen LogP contribution in [0.2, 0.25) is 0 Å². The lowest BCUT2D eigenvalue weighted by Crippen LogP contribution is -2.11. The first-order valence-corrected chi connectivity index (χ1v) is 7.33. The molecule has 1 N–H and O–H groups in total. The van der Waals surface area contributed by atoms with Gasteiger partial charge in [0.15, 0.2) is 0 Å². The smallest absolute Gasteiger partial charge is 0.123 e. The van der Waals surface area contributed by atoms with Crippen LogP contribution in [0.25, 0.3) is 0 Å². The molecule has 0 heterocycles. The van der Waals surface area contributed by atoms with Gasteiger partial charge in [-0.1, -0.05) is 24.3 Å². The van der Waals surface area contributed by atoms with Crippen molar-refractivity contribution in [3.8, 4) is 11.5 Å². The second-order valence-corrected chi connectivity index (χ2v) is 5.37. The van der Waals surface area contributed by atoms with E-state index in [2.05, 4.69) is 0 Å². The molecule has 0 aromatic heterocycles. The molecule has 0 spiro atoms. The highest BCUT2D eigenvalue weighted by Gasteiger charge is 2.20. The Kier molecular flexibility index (Phi) is 4.11. The Hall–Kier alpha value is -2.00. The highest BCUT2D eigenvalue weighted by atomic mass is 16.5. The number of methoxy groups -OCH3 is 1. The van der Waals surface area contributed by atoms with Crippen LogP contribution in [0.1, 0.15) is 35.6 Å². The highest BCUT2D eigenvalue weighted by Crippen LogP contribution is 2.35. The minimum absolute atomic E-state index is 0.353. The standard InChI is InChI=1S/C18H20O3/c1-20-14-6-2-5-13(11-14)12-21-18-10-4-7-15-16(18)8-3-9-17(15)19/h2,4-7,10-11,17,19H,3,8-9,12H2,1H3/t17-/m0/s1. The third-order valence-electron chi connectivity index (χ3n) is 3.96. The first kappa shape index (κ1) is 14.0. The summed E-state index contributed by atoms with van der Waals surface area (Å²) < 4.78 is 11.2. The molecule has 0 saturated heterocycles. The Labute approximate surface area is 125 Å². The number of benzene rings is 2. The molecule has 2 aromatic carbocycles. The summed E-state index contributed by atoms with van der Waals surface area (Å²) in [6, 6.07) is 13.8. The largest absolute Gasteiger partial charge is 0.497 e. The lowest BCUT2D eigenvalue weighted by Gasteiger charge is -2.23. The van der Waals surface area contributed by atoms with Crippen LogP contribution >= 0.6 is 0 Å². The van der Waals surface area contributed by atoms with Crippen molar-refractivity contribution in [3.63, 3.8) is 0 Å². The second kappa shape index (κ2) is 6.19. The third-order valence-corrected chi connectivity index (χ3v) is 3.96. The predicted molar refractivity (Wildman–Crippen MR) is 81.7 cm³/mol. The molecule has 0 bridgehead atoms. The summed E-state index contributed by atoms with van der Waals surface area (Å²) in [5.74, 6) is 1.72. The molecule has 110 valence electrons. The zero-order chi connectivity index (χ0) is 14.7. The van der Waals surface area contributed by atoms with E-state index in [-0.39, 0.29) is 6.10 Å². The highest BCUT2D eigenvalue weighted by molar-refractivity contribution is 5.43. The molecule has 0 fully saturated rings. The normalized spacial score (nSPS) is 17.1. The van der Waals surface area contributed by atoms with Gasteiger partial charge in [-0.05, 0) is 54.2 Å². The average Bonchev–Trinajstić information content (AvgIpc) is 2.53. The maximum atomic E-state index is 10.1. The molecule has 0 saturated carbocycles. The summed E-state index contributed by atoms with van der Waals surface area (Å²) >= 11 is 0. The van der Waals surface area contributed by atoms with Crippen molar-refractivity contribution in [2.24, 2.45) is 0 Å². The van der Waals surface area contributed by atoms with Crippen molar-refractivity contribution >= 4 is 0 Å². The molecule has 1 aliphatic carbocycles. The average molecular weight is 284 g/mol. The Bertz CT molecular complexity index is 622. The quantitative estimate of drug-likeness (QED) is 0.931. The van der Waals surface area contributed by atoms with Gasteiger partial charge < -0.3 is 14.6 Å². The maximum Gasteiger partial charge on any atom is 0.123 e. The SMILES string of the molecule is COc1cccc(COc2cccc3c2CCC[C@@H]3O)c1. The summed E-state index contributed by atoms with van der Waals surface area (Å²) in [7, 11) is 1.66. The first-order valence-electron chi connectivity index (χ1n) is 7.33. The van der Waals surface area contributed by atoms with E-state index in [1.807, 2.05) is 42.5 Å². The molecular weight excluding hydrogens is 264 g/mol. The number of ether oxygens (including phenoxy) is 2. The van der Waals surface area contributed by atoms with Crippen LogP contribution < -0.4 is 9.47 Å². The van der Waals surface area contributed by atoms with E-state index in [0.29, 0.717) is 6.61 Å². The van der Waals surface area contributed by atoms with Crippen molar-refractivity contribution in [1.29, 1.82) is 0 Å². The van der Waals surface area contributed by atoms with Crippen LogP contribution in [0.5, 0.6) is 11.5 Å². The van der Waals surface area contributed by atoms with Gasteiger partial charge in [-0.15, -0.1) is 0 Å². The molecule has 3 nitrogen and oxygen atoms in total. The Morgan fingerprint density at radius 2 is 2.05 bits per heavy atom. The topological polar surface area (TPSA) is 38.7 Å². The molecule has 21 heavy (non-hydrogen) atoms. The molecule has 0 radical (unpaired) electrons. The minimum Gasteiger partial charge on any atom is -0.497 e. The van der Waals surface area contributed by atoms with Crippen LogP contribution in [-0.2, 0) is 13.0 Å². The van der Waals surface area contributed by atoms with Crippen LogP contribution in [0.3, 0.4) is 0 Å². The van der Waals surface area contributed by atoms with Crippen molar-refractivity contribution in [2.45, 2.75) is 32.0 Å². The van der Waals surface area contributed by atoms with Crippen LogP contribution in [0.4, 0.5) is 0 Å². The Morgan fingerprint density at radius 1 is 1.19 bits per heavy atom. The van der Waals surface area contributed by atoms with E-state index >= 15 is 0 Å². The lowest BCUT2D eigenvalue weighted by atomic mass is 9.89. The number of aliphatic hydroxyl groups is 1. The lowest BCUT2D eigenvalue weighted by molar-refractivity contribution is 0.155. The Balaban J connectivity index is 1.77. The van der Waals surface area contributed by atoms with E-state index in [0.717, 1.165) is 47.5 Å². The predicted octanol–water partition coefficient (Wildman–Crippen LogP) is 3.64. The van der Waals surface area contributed by atoms with Crippen molar-refractivity contribution in [1.82, 2.24) is 0 Å². The fourth-order valence-electron chi connectivity index (χ4n) is 2.85. The molecule has 1 atom stereocenters. The fraction of sp³-hybridized carbons (Fsp3) is 0.333. The molecule has 0 amide bonds. The van der Waals surface area contributed by atoms with E-state index in [9.17, 15) is 5.11 Å². The number of hydrogen-bond acceptors (Lipinski definition) is 3. The fourth-order valence-corrected chi connectivity index (χ4v) is 2.85. The van der Waals surface area contributed by atoms with E-state index < -0.39 is 0 Å². The monoisotopic (exact) mass is 284 g/mol. The van der Waals surface area contributed by atoms with Gasteiger partial charge >= 0.3 is 0 Å². The summed E-state index contributed by atoms with van der Waals surface area (Å²) in [5.41, 5.74) is 3.24. The van der Waals surface area contributed by atoms with Crippen molar-refractivity contribution in [2.75, 3.05) is 7.11 Å². The summed E-state index contributed by atoms with van der Waals surface area (Å²) in [5, 5.41) is 10.1. The molecular formula is C18H20O3. The van der Waals surface area contributed by atoms with E-state index in [1.165, 1.54) is 0 Å². The van der Waals surface area contributed by atoms with E-state index in [4.69, 9.17) is 9.47 Å². The summed E-state index contributed by atoms with van der Waals surface area (Å²) in [4.78, 5) is 0. The number of aliphatic hydroxyl groups excluding tert-OH is 1. The van der Waals surface area contributed by atoms with E-state index in [1.54, 1.807) is 7.11 Å². The Morgan fingerprint density at radius 3 is 2.90 bits per heavy atom. The third kappa shape index (κ3) is 3.03. The number of fused-ring (bicyclic) bond motifs is 1. The maximum absolute atomic E-state index is 10.1. The molecule has 2 aromatic rings. The van der Waals surface area contributed by atoms with Gasteiger partial charge in [0.2, 0.25) is 0 Å². The van der Waals surface area contributed by atoms with Gasteiger partial charge in [0.1, 0.15) is 18.1 Å².